The largest absolute Gasteiger partial charge is 0.460 e. The minimum Gasteiger partial charge on any atom is -0.460 e. The molecular weight excluding hydrogens is 512 g/mol. The summed E-state index contributed by atoms with van der Waals surface area (Å²) in [4.78, 5) is 21.2. The minimum absolute atomic E-state index is 0.00104. The summed E-state index contributed by atoms with van der Waals surface area (Å²) in [6.07, 6.45) is 3.15. The molecule has 11 nitrogen and oxygen atoms in total. The van der Waals surface area contributed by atoms with Crippen LogP contribution in [0.2, 0.25) is 5.02 Å². The van der Waals surface area contributed by atoms with Gasteiger partial charge in [-0.15, -0.1) is 0 Å². The zero-order valence-electron chi connectivity index (χ0n) is 19.0. The molecule has 0 amide bonds. The lowest BCUT2D eigenvalue weighted by Gasteiger charge is -2.15. The molecule has 0 bridgehead atoms. The van der Waals surface area contributed by atoms with E-state index in [0.717, 1.165) is 5.56 Å². The van der Waals surface area contributed by atoms with Crippen molar-refractivity contribution in [2.24, 2.45) is 11.1 Å². The second kappa shape index (κ2) is 11.0. The van der Waals surface area contributed by atoms with Crippen molar-refractivity contribution in [3.8, 4) is 0 Å². The summed E-state index contributed by atoms with van der Waals surface area (Å²) < 4.78 is 32.1. The van der Waals surface area contributed by atoms with Crippen molar-refractivity contribution in [2.75, 3.05) is 11.9 Å². The van der Waals surface area contributed by atoms with Crippen molar-refractivity contribution in [2.45, 2.75) is 37.5 Å². The number of aliphatic hydroxyl groups excluding tert-OH is 2. The van der Waals surface area contributed by atoms with Crippen molar-refractivity contribution in [3.05, 3.63) is 76.6 Å². The van der Waals surface area contributed by atoms with Crippen molar-refractivity contribution in [1.29, 1.82) is 0 Å². The van der Waals surface area contributed by atoms with Crippen LogP contribution in [0.4, 0.5) is 5.82 Å². The molecule has 1 unspecified atom stereocenters. The van der Waals surface area contributed by atoms with Crippen LogP contribution in [0, 0.1) is 5.92 Å². The fourth-order valence-electron chi connectivity index (χ4n) is 4.17. The van der Waals surface area contributed by atoms with Gasteiger partial charge in [-0.1, -0.05) is 23.7 Å². The van der Waals surface area contributed by atoms with E-state index in [9.17, 15) is 23.4 Å². The van der Waals surface area contributed by atoms with E-state index in [2.05, 4.69) is 19.5 Å². The molecule has 0 saturated heterocycles. The highest BCUT2D eigenvalue weighted by Gasteiger charge is 2.35. The molecule has 1 saturated carbocycles. The summed E-state index contributed by atoms with van der Waals surface area (Å²) in [6, 6.07) is 8.28. The number of hydrogen-bond acceptors (Lipinski definition) is 10. The molecule has 3 aromatic rings. The van der Waals surface area contributed by atoms with Crippen LogP contribution in [0.25, 0.3) is 0 Å². The van der Waals surface area contributed by atoms with Gasteiger partial charge in [0.05, 0.1) is 30.6 Å². The molecular formula is C23H25ClN4O7S. The quantitative estimate of drug-likeness (QED) is 0.280. The van der Waals surface area contributed by atoms with Gasteiger partial charge in [0.2, 0.25) is 5.78 Å². The smallest absolute Gasteiger partial charge is 0.333 e. The molecule has 192 valence electrons. The molecule has 13 heteroatoms. The van der Waals surface area contributed by atoms with E-state index in [4.69, 9.17) is 21.2 Å². The second-order valence-corrected chi connectivity index (χ2v) is 10.3. The van der Waals surface area contributed by atoms with Gasteiger partial charge in [0, 0.05) is 35.2 Å². The number of hydrogen-bond donors (Lipinski definition) is 4. The summed E-state index contributed by atoms with van der Waals surface area (Å²) in [5.41, 5.74) is 1.40. The first-order valence-electron chi connectivity index (χ1n) is 11.1. The molecule has 4 rings (SSSR count). The second-order valence-electron chi connectivity index (χ2n) is 8.63. The Balaban J connectivity index is 1.43. The molecule has 36 heavy (non-hydrogen) atoms. The molecule has 0 aliphatic heterocycles. The lowest BCUT2D eigenvalue weighted by molar-refractivity contribution is 0.100. The minimum atomic E-state index is -4.11. The van der Waals surface area contributed by atoms with Crippen LogP contribution in [0.3, 0.4) is 0 Å². The Morgan fingerprint density at radius 1 is 1.33 bits per heavy atom. The Kier molecular flexibility index (Phi) is 8.03. The Morgan fingerprint density at radius 3 is 2.89 bits per heavy atom. The van der Waals surface area contributed by atoms with E-state index < -0.39 is 34.2 Å². The highest BCUT2D eigenvalue weighted by atomic mass is 35.5. The van der Waals surface area contributed by atoms with Crippen molar-refractivity contribution in [1.82, 2.24) is 9.97 Å². The third kappa shape index (κ3) is 6.66. The van der Waals surface area contributed by atoms with Gasteiger partial charge in [-0.2, -0.15) is 8.42 Å². The third-order valence-corrected chi connectivity index (χ3v) is 6.65. The fourth-order valence-corrected chi connectivity index (χ4v) is 4.75. The number of carbonyl (C=O) groups is 1. The molecule has 4 atom stereocenters. The van der Waals surface area contributed by atoms with E-state index in [1.807, 2.05) is 6.07 Å². The zero-order chi connectivity index (χ0) is 25.9. The summed E-state index contributed by atoms with van der Waals surface area (Å²) in [7, 11) is -4.11. The van der Waals surface area contributed by atoms with Gasteiger partial charge in [-0.3, -0.25) is 8.98 Å². The van der Waals surface area contributed by atoms with E-state index in [0.29, 0.717) is 17.0 Å². The zero-order valence-corrected chi connectivity index (χ0v) is 20.5. The summed E-state index contributed by atoms with van der Waals surface area (Å²) in [5, 5.41) is 29.4. The molecule has 0 spiro atoms. The molecule has 1 aliphatic rings. The number of furan rings is 1. The number of rotatable bonds is 10. The molecule has 1 aliphatic carbocycles. The van der Waals surface area contributed by atoms with Crippen LogP contribution in [-0.2, 0) is 20.9 Å². The van der Waals surface area contributed by atoms with Crippen LogP contribution >= 0.6 is 11.6 Å². The van der Waals surface area contributed by atoms with Crippen LogP contribution in [0.15, 0.2) is 53.5 Å². The van der Waals surface area contributed by atoms with Crippen molar-refractivity contribution >= 4 is 33.5 Å². The first-order chi connectivity index (χ1) is 17.1. The van der Waals surface area contributed by atoms with Crippen molar-refractivity contribution < 1.29 is 32.0 Å². The van der Waals surface area contributed by atoms with E-state index in [-0.39, 0.29) is 42.6 Å². The molecule has 1 aromatic carbocycles. The first-order valence-corrected chi connectivity index (χ1v) is 12.9. The number of benzene rings is 1. The molecule has 0 radical (unpaired) electrons. The number of anilines is 1. The Morgan fingerprint density at radius 2 is 2.14 bits per heavy atom. The number of aliphatic hydroxyl groups is 2. The number of ketones is 1. The monoisotopic (exact) mass is 536 g/mol. The fraction of sp³-hybridized carbons (Fsp3) is 0.348. The average molecular weight is 537 g/mol. The van der Waals surface area contributed by atoms with Crippen LogP contribution in [0.5, 0.6) is 0 Å². The van der Waals surface area contributed by atoms with Gasteiger partial charge in [0.1, 0.15) is 12.1 Å². The maximum atomic E-state index is 13.2. The van der Waals surface area contributed by atoms with Gasteiger partial charge in [-0.25, -0.2) is 15.1 Å². The normalized spacial score (nSPS) is 20.8. The van der Waals surface area contributed by atoms with Gasteiger partial charge >= 0.3 is 10.3 Å². The maximum Gasteiger partial charge on any atom is 0.333 e. The topological polar surface area (TPSA) is 178 Å². The lowest BCUT2D eigenvalue weighted by Crippen LogP contribution is -2.24. The van der Waals surface area contributed by atoms with Gasteiger partial charge in [-0.05, 0) is 36.6 Å². The molecule has 5 N–H and O–H groups in total. The predicted molar refractivity (Wildman–Crippen MR) is 129 cm³/mol. The van der Waals surface area contributed by atoms with E-state index >= 15 is 0 Å². The summed E-state index contributed by atoms with van der Waals surface area (Å²) in [5.74, 6) is -0.723. The standard InChI is InChI=1S/C23H25ClN4O7S/c24-16-3-1-2-13(4-16)5-19(29)15-7-21(34-10-15)22(31)18-9-26-12-27-23(18)28-17-6-14(20(30)8-17)11-35-36(25,32)33/h1-4,7,9-10,12,14,17,19-20,29-30H,5-6,8,11H2,(H2,25,32,33)(H,26,27,28)/t14-,17-,19?,20+/m1/s1. The van der Waals surface area contributed by atoms with Crippen LogP contribution in [-0.4, -0.2) is 53.1 Å². The number of halogens is 1. The Bertz CT molecular complexity index is 1330. The number of aromatic nitrogens is 2. The maximum absolute atomic E-state index is 13.2. The molecule has 1 fully saturated rings. The predicted octanol–water partition coefficient (Wildman–Crippen LogP) is 2.00. The first kappa shape index (κ1) is 26.2. The number of nitrogens with zero attached hydrogens (tertiary/aromatic N) is 2. The van der Waals surface area contributed by atoms with Crippen LogP contribution in [0.1, 0.15) is 46.2 Å². The average Bonchev–Trinajstić information content (AvgIpc) is 3.44. The van der Waals surface area contributed by atoms with Gasteiger partial charge in [0.25, 0.3) is 0 Å². The van der Waals surface area contributed by atoms with E-state index in [1.165, 1.54) is 24.9 Å². The number of nitrogens with two attached hydrogens (primary N) is 1. The van der Waals surface area contributed by atoms with E-state index in [1.54, 1.807) is 18.2 Å². The number of carbonyl (C=O) groups excluding carboxylic acids is 1. The third-order valence-electron chi connectivity index (χ3n) is 5.95. The number of nitrogens with one attached hydrogen (secondary N) is 1. The van der Waals surface area contributed by atoms with Gasteiger partial charge < -0.3 is 19.9 Å². The SMILES string of the molecule is NS(=O)(=O)OC[C@H]1C[C@@H](Nc2ncncc2C(=O)c2cc(C(O)Cc3cccc(Cl)c3)co2)C[C@@H]1O. The summed E-state index contributed by atoms with van der Waals surface area (Å²) >= 11 is 6.00. The Hall–Kier alpha value is -2.87. The molecule has 2 heterocycles. The highest BCUT2D eigenvalue weighted by molar-refractivity contribution is 7.84. The van der Waals surface area contributed by atoms with Gasteiger partial charge in [0.15, 0.2) is 5.76 Å². The Labute approximate surface area is 212 Å². The van der Waals surface area contributed by atoms with Crippen LogP contribution < -0.4 is 10.5 Å². The highest BCUT2D eigenvalue weighted by Crippen LogP contribution is 2.30. The van der Waals surface area contributed by atoms with Crippen molar-refractivity contribution in [3.63, 3.8) is 0 Å². The molecule has 2 aromatic heterocycles. The lowest BCUT2D eigenvalue weighted by atomic mass is 10.0. The summed E-state index contributed by atoms with van der Waals surface area (Å²) in [6.45, 7) is -0.250.